The van der Waals surface area contributed by atoms with Crippen molar-refractivity contribution in [1.82, 2.24) is 10.3 Å². The van der Waals surface area contributed by atoms with E-state index >= 15 is 0 Å². The van der Waals surface area contributed by atoms with Crippen molar-refractivity contribution in [2.45, 2.75) is 25.4 Å². The Morgan fingerprint density at radius 2 is 2.00 bits per heavy atom. The topological polar surface area (TPSA) is 71.5 Å². The smallest absolute Gasteiger partial charge is 0.274 e. The lowest BCUT2D eigenvalue weighted by Gasteiger charge is -2.33. The van der Waals surface area contributed by atoms with Gasteiger partial charge in [-0.3, -0.25) is 14.5 Å². The molecule has 0 aliphatic carbocycles. The van der Waals surface area contributed by atoms with Crippen molar-refractivity contribution in [2.24, 2.45) is 0 Å². The molecule has 1 atom stereocenters. The van der Waals surface area contributed by atoms with Gasteiger partial charge in [-0.25, -0.2) is 4.98 Å². The van der Waals surface area contributed by atoms with Crippen molar-refractivity contribution in [3.05, 3.63) is 76.6 Å². The van der Waals surface area contributed by atoms with Gasteiger partial charge in [0.1, 0.15) is 0 Å². The Morgan fingerprint density at radius 1 is 1.13 bits per heavy atom. The molecule has 154 valence electrons. The number of nitrogens with one attached hydrogen (secondary N) is 1. The van der Waals surface area contributed by atoms with E-state index in [1.54, 1.807) is 28.5 Å². The maximum absolute atomic E-state index is 13.1. The number of hydrogen-bond acceptors (Lipinski definition) is 5. The van der Waals surface area contributed by atoms with Crippen LogP contribution in [0, 0.1) is 0 Å². The van der Waals surface area contributed by atoms with E-state index in [-0.39, 0.29) is 11.8 Å². The molecule has 0 saturated carbocycles. The Hall–Kier alpha value is -3.19. The highest BCUT2D eigenvalue weighted by atomic mass is 32.1. The highest BCUT2D eigenvalue weighted by Crippen LogP contribution is 2.37. The molecule has 30 heavy (non-hydrogen) atoms. The van der Waals surface area contributed by atoms with Gasteiger partial charge >= 0.3 is 0 Å². The highest BCUT2D eigenvalue weighted by Gasteiger charge is 2.36. The Labute approximate surface area is 179 Å². The molecule has 0 saturated heterocycles. The first kappa shape index (κ1) is 20.1. The van der Waals surface area contributed by atoms with Gasteiger partial charge in [0, 0.05) is 36.1 Å². The molecular formula is C23H23N3O3S. The summed E-state index contributed by atoms with van der Waals surface area (Å²) in [6.07, 6.45) is 2.67. The molecule has 1 N–H and O–H groups in total. The monoisotopic (exact) mass is 421 g/mol. The van der Waals surface area contributed by atoms with Crippen LogP contribution in [0.2, 0.25) is 0 Å². The molecule has 0 radical (unpaired) electrons. The molecule has 3 aromatic rings. The summed E-state index contributed by atoms with van der Waals surface area (Å²) in [7, 11) is 0. The molecule has 2 amide bonds. The zero-order valence-electron chi connectivity index (χ0n) is 16.5. The van der Waals surface area contributed by atoms with Crippen molar-refractivity contribution in [2.75, 3.05) is 18.0 Å². The summed E-state index contributed by atoms with van der Waals surface area (Å²) >= 11 is 1.69. The predicted molar refractivity (Wildman–Crippen MR) is 117 cm³/mol. The van der Waals surface area contributed by atoms with Crippen molar-refractivity contribution < 1.29 is 14.3 Å². The van der Waals surface area contributed by atoms with Crippen LogP contribution in [-0.2, 0) is 16.0 Å². The Balaban J connectivity index is 1.36. The zero-order chi connectivity index (χ0) is 20.8. The standard InChI is InChI=1S/C23H23N3O3S/c27-20(24-14-12-18-9-6-16-30-18)11-5-15-26-22-19(10-4-13-25-22)29-21(23(26)28)17-7-2-1-3-8-17/h1-4,6-10,13,16,21H,5,11-12,14-15H2,(H,24,27). The van der Waals surface area contributed by atoms with Gasteiger partial charge in [0.25, 0.3) is 5.91 Å². The van der Waals surface area contributed by atoms with E-state index in [1.807, 2.05) is 47.8 Å². The van der Waals surface area contributed by atoms with Crippen LogP contribution >= 0.6 is 11.3 Å². The van der Waals surface area contributed by atoms with Gasteiger partial charge in [0.15, 0.2) is 11.6 Å². The van der Waals surface area contributed by atoms with Crippen LogP contribution in [-0.4, -0.2) is 29.9 Å². The number of aromatic nitrogens is 1. The van der Waals surface area contributed by atoms with E-state index in [4.69, 9.17) is 4.74 Å². The van der Waals surface area contributed by atoms with E-state index in [1.165, 1.54) is 4.88 Å². The van der Waals surface area contributed by atoms with Crippen LogP contribution in [0.1, 0.15) is 29.4 Å². The number of carbonyl (C=O) groups is 2. The zero-order valence-corrected chi connectivity index (χ0v) is 17.3. The molecule has 1 aliphatic rings. The van der Waals surface area contributed by atoms with E-state index < -0.39 is 6.10 Å². The van der Waals surface area contributed by atoms with Crippen molar-refractivity contribution >= 4 is 29.0 Å². The highest BCUT2D eigenvalue weighted by molar-refractivity contribution is 7.09. The number of anilines is 1. The quantitative estimate of drug-likeness (QED) is 0.601. The third-order valence-electron chi connectivity index (χ3n) is 4.90. The van der Waals surface area contributed by atoms with Crippen LogP contribution < -0.4 is 15.0 Å². The van der Waals surface area contributed by atoms with Gasteiger partial charge < -0.3 is 10.1 Å². The van der Waals surface area contributed by atoms with Crippen LogP contribution in [0.25, 0.3) is 0 Å². The molecule has 1 aromatic carbocycles. The number of pyridine rings is 1. The lowest BCUT2D eigenvalue weighted by Crippen LogP contribution is -2.42. The largest absolute Gasteiger partial charge is 0.472 e. The summed E-state index contributed by atoms with van der Waals surface area (Å²) in [5.41, 5.74) is 0.799. The number of rotatable bonds is 8. The second kappa shape index (κ2) is 9.54. The Bertz CT molecular complexity index is 992. The molecule has 0 bridgehead atoms. The summed E-state index contributed by atoms with van der Waals surface area (Å²) < 4.78 is 5.94. The lowest BCUT2D eigenvalue weighted by atomic mass is 10.1. The lowest BCUT2D eigenvalue weighted by molar-refractivity contribution is -0.127. The third kappa shape index (κ3) is 4.68. The van der Waals surface area contributed by atoms with Crippen molar-refractivity contribution in [1.29, 1.82) is 0 Å². The summed E-state index contributed by atoms with van der Waals surface area (Å²) in [6.45, 7) is 1.03. The number of nitrogens with zero attached hydrogens (tertiary/aromatic N) is 2. The summed E-state index contributed by atoms with van der Waals surface area (Å²) in [6, 6.07) is 17.1. The number of hydrogen-bond donors (Lipinski definition) is 1. The fourth-order valence-corrected chi connectivity index (χ4v) is 4.13. The minimum absolute atomic E-state index is 0.00637. The van der Waals surface area contributed by atoms with Crippen LogP contribution in [0.3, 0.4) is 0 Å². The Kier molecular flexibility index (Phi) is 6.39. The average Bonchev–Trinajstić information content (AvgIpc) is 3.29. The maximum Gasteiger partial charge on any atom is 0.274 e. The second-order valence-corrected chi connectivity index (χ2v) is 8.04. The maximum atomic E-state index is 13.1. The SMILES string of the molecule is O=C(CCCN1C(=O)C(c2ccccc2)Oc2cccnc21)NCCc1cccs1. The van der Waals surface area contributed by atoms with Crippen LogP contribution in [0.5, 0.6) is 5.75 Å². The average molecular weight is 422 g/mol. The number of carbonyl (C=O) groups excluding carboxylic acids is 2. The first-order valence-corrected chi connectivity index (χ1v) is 10.9. The molecule has 6 nitrogen and oxygen atoms in total. The van der Waals surface area contributed by atoms with E-state index in [0.717, 1.165) is 12.0 Å². The van der Waals surface area contributed by atoms with Gasteiger partial charge in [0.2, 0.25) is 12.0 Å². The van der Waals surface area contributed by atoms with Crippen LogP contribution in [0.15, 0.2) is 66.2 Å². The van der Waals surface area contributed by atoms with E-state index in [9.17, 15) is 9.59 Å². The van der Waals surface area contributed by atoms with Gasteiger partial charge in [-0.2, -0.15) is 0 Å². The van der Waals surface area contributed by atoms with Gasteiger partial charge in [-0.15, -0.1) is 11.3 Å². The van der Waals surface area contributed by atoms with E-state index in [2.05, 4.69) is 16.4 Å². The summed E-state index contributed by atoms with van der Waals surface area (Å²) in [4.78, 5) is 32.5. The molecule has 3 heterocycles. The Morgan fingerprint density at radius 3 is 2.80 bits per heavy atom. The van der Waals surface area contributed by atoms with Gasteiger partial charge in [-0.05, 0) is 36.4 Å². The van der Waals surface area contributed by atoms with Gasteiger partial charge in [-0.1, -0.05) is 36.4 Å². The number of amides is 2. The number of benzene rings is 1. The fourth-order valence-electron chi connectivity index (χ4n) is 3.42. The molecule has 1 aliphatic heterocycles. The fraction of sp³-hybridized carbons (Fsp3) is 0.261. The normalized spacial score (nSPS) is 15.4. The molecular weight excluding hydrogens is 398 g/mol. The number of thiophene rings is 1. The first-order chi connectivity index (χ1) is 14.7. The minimum Gasteiger partial charge on any atom is -0.472 e. The van der Waals surface area contributed by atoms with Crippen molar-refractivity contribution in [3.8, 4) is 5.75 Å². The number of fused-ring (bicyclic) bond motifs is 1. The second-order valence-electron chi connectivity index (χ2n) is 7.01. The van der Waals surface area contributed by atoms with Crippen molar-refractivity contribution in [3.63, 3.8) is 0 Å². The molecule has 7 heteroatoms. The summed E-state index contributed by atoms with van der Waals surface area (Å²) in [5.74, 6) is 0.915. The third-order valence-corrected chi connectivity index (χ3v) is 5.84. The van der Waals surface area contributed by atoms with Gasteiger partial charge in [0.05, 0.1) is 0 Å². The first-order valence-electron chi connectivity index (χ1n) is 9.99. The molecule has 1 unspecified atom stereocenters. The molecule has 4 rings (SSSR count). The summed E-state index contributed by atoms with van der Waals surface area (Å²) in [5, 5.41) is 4.98. The van der Waals surface area contributed by atoms with E-state index in [0.29, 0.717) is 37.5 Å². The minimum atomic E-state index is -0.706. The van der Waals surface area contributed by atoms with Crippen LogP contribution in [0.4, 0.5) is 5.82 Å². The molecule has 0 spiro atoms. The molecule has 2 aromatic heterocycles. The number of ether oxygens (including phenoxy) is 1. The molecule has 0 fully saturated rings. The predicted octanol–water partition coefficient (Wildman–Crippen LogP) is 3.75.